The van der Waals surface area contributed by atoms with Gasteiger partial charge >= 0.3 is 17.8 Å². The summed E-state index contributed by atoms with van der Waals surface area (Å²) in [6.07, 6.45) is 4.28. The number of H-pyrrole nitrogens is 1. The van der Waals surface area contributed by atoms with E-state index in [9.17, 15) is 9.59 Å². The van der Waals surface area contributed by atoms with E-state index in [-0.39, 0.29) is 29.3 Å². The van der Waals surface area contributed by atoms with E-state index in [2.05, 4.69) is 60.2 Å². The van der Waals surface area contributed by atoms with Crippen molar-refractivity contribution in [2.24, 2.45) is 0 Å². The number of hydrogen-bond acceptors (Lipinski definition) is 8. The van der Waals surface area contributed by atoms with Gasteiger partial charge in [0.15, 0.2) is 17.3 Å². The number of fused-ring (bicyclic) bond motifs is 1. The summed E-state index contributed by atoms with van der Waals surface area (Å²) in [6.45, 7) is 7.23. The second-order valence-corrected chi connectivity index (χ2v) is 12.2. The molecule has 4 aromatic rings. The Morgan fingerprint density at radius 1 is 1.15 bits per heavy atom. The molecule has 12 heteroatoms. The van der Waals surface area contributed by atoms with Crippen molar-refractivity contribution in [1.29, 1.82) is 0 Å². The lowest BCUT2D eigenvalue weighted by Crippen LogP contribution is -2.38. The molecule has 1 atom stereocenters. The number of urea groups is 1. The van der Waals surface area contributed by atoms with Gasteiger partial charge in [0.05, 0.1) is 10.9 Å². The maximum absolute atomic E-state index is 12.9. The summed E-state index contributed by atoms with van der Waals surface area (Å²) in [7, 11) is 3.53. The molecule has 0 unspecified atom stereocenters. The number of nitrogens with one attached hydrogen (secondary N) is 3. The minimum atomic E-state index is -0.444. The molecule has 2 aliphatic rings. The third kappa shape index (κ3) is 5.09. The van der Waals surface area contributed by atoms with Crippen molar-refractivity contribution in [2.45, 2.75) is 57.0 Å². The summed E-state index contributed by atoms with van der Waals surface area (Å²) >= 11 is 0. The summed E-state index contributed by atoms with van der Waals surface area (Å²) in [5.41, 5.74) is 2.97. The van der Waals surface area contributed by atoms with Gasteiger partial charge in [-0.25, -0.2) is 9.78 Å². The average Bonchev–Trinajstić information content (AvgIpc) is 3.33. The van der Waals surface area contributed by atoms with Crippen molar-refractivity contribution in [3.63, 3.8) is 0 Å². The Labute approximate surface area is 237 Å². The van der Waals surface area contributed by atoms with Crippen LogP contribution in [0.5, 0.6) is 0 Å². The number of carbonyl (C=O) groups is 2. The first-order valence-corrected chi connectivity index (χ1v) is 13.9. The molecule has 41 heavy (non-hydrogen) atoms. The van der Waals surface area contributed by atoms with Gasteiger partial charge in [-0.2, -0.15) is 10.1 Å². The normalized spacial score (nSPS) is 18.0. The first-order valence-electron chi connectivity index (χ1n) is 13.9. The lowest BCUT2D eigenvalue weighted by Gasteiger charge is -2.21. The summed E-state index contributed by atoms with van der Waals surface area (Å²) < 4.78 is 5.24. The molecule has 4 heterocycles. The molecule has 1 saturated heterocycles. The predicted octanol–water partition coefficient (Wildman–Crippen LogP) is 3.89. The fourth-order valence-corrected chi connectivity index (χ4v) is 5.29. The monoisotopic (exact) mass is 557 g/mol. The Balaban J connectivity index is 1.20. The number of carbonyl (C=O) groups excluding carboxylic acids is 2. The van der Waals surface area contributed by atoms with Crippen LogP contribution in [-0.4, -0.2) is 80.3 Å². The van der Waals surface area contributed by atoms with Crippen molar-refractivity contribution in [3.05, 3.63) is 53.8 Å². The highest BCUT2D eigenvalue weighted by Crippen LogP contribution is 2.46. The second-order valence-electron chi connectivity index (χ2n) is 12.2. The Bertz CT molecular complexity index is 1600. The quantitative estimate of drug-likeness (QED) is 0.324. The van der Waals surface area contributed by atoms with Crippen molar-refractivity contribution >= 4 is 28.8 Å². The van der Waals surface area contributed by atoms with Crippen LogP contribution >= 0.6 is 0 Å². The minimum absolute atomic E-state index is 0.0139. The standard InChI is InChI=1S/C29H35N9O3/c1-28(2,3)26-32-25(41-36-26)24(39)33-29(12-13-29)18-8-6-17(7-9-18)20-10-14-30-22-21(20)23(35-34-22)31-19-11-15-38(16-19)27(40)37(4)5/h6-10,14,19H,11-13,15-16H2,1-5H3,(H,33,39)(H2,30,31,34,35)/t19-/m1/s1. The van der Waals surface area contributed by atoms with Crippen LogP contribution in [-0.2, 0) is 11.0 Å². The first kappa shape index (κ1) is 26.7. The van der Waals surface area contributed by atoms with E-state index in [0.717, 1.165) is 47.2 Å². The molecule has 1 aromatic carbocycles. The zero-order valence-corrected chi connectivity index (χ0v) is 24.0. The minimum Gasteiger partial charge on any atom is -0.363 e. The van der Waals surface area contributed by atoms with Gasteiger partial charge in [0.25, 0.3) is 0 Å². The largest absolute Gasteiger partial charge is 0.363 e. The molecule has 6 rings (SSSR count). The second kappa shape index (κ2) is 9.86. The summed E-state index contributed by atoms with van der Waals surface area (Å²) in [5.74, 6) is 0.836. The van der Waals surface area contributed by atoms with E-state index >= 15 is 0 Å². The molecule has 214 valence electrons. The highest BCUT2D eigenvalue weighted by molar-refractivity contribution is 6.00. The number of rotatable bonds is 6. The van der Waals surface area contributed by atoms with Crippen LogP contribution in [0.3, 0.4) is 0 Å². The Morgan fingerprint density at radius 2 is 1.90 bits per heavy atom. The van der Waals surface area contributed by atoms with E-state index < -0.39 is 5.54 Å². The molecular formula is C29H35N9O3. The van der Waals surface area contributed by atoms with E-state index in [1.807, 2.05) is 31.7 Å². The number of likely N-dealkylation sites (tertiary alicyclic amines) is 1. The van der Waals surface area contributed by atoms with E-state index in [0.29, 0.717) is 24.6 Å². The van der Waals surface area contributed by atoms with Crippen molar-refractivity contribution in [3.8, 4) is 11.1 Å². The van der Waals surface area contributed by atoms with Gasteiger partial charge in [-0.1, -0.05) is 50.2 Å². The van der Waals surface area contributed by atoms with Crippen molar-refractivity contribution in [2.75, 3.05) is 32.5 Å². The highest BCUT2D eigenvalue weighted by atomic mass is 16.5. The molecule has 0 radical (unpaired) electrons. The number of aromatic nitrogens is 5. The molecule has 3 aromatic heterocycles. The average molecular weight is 558 g/mol. The number of aromatic amines is 1. The fraction of sp³-hybridized carbons (Fsp3) is 0.448. The summed E-state index contributed by atoms with van der Waals surface area (Å²) in [4.78, 5) is 37.5. The zero-order chi connectivity index (χ0) is 28.9. The lowest BCUT2D eigenvalue weighted by atomic mass is 9.96. The molecule has 0 spiro atoms. The number of benzene rings is 1. The number of pyridine rings is 1. The smallest absolute Gasteiger partial charge is 0.319 e. The van der Waals surface area contributed by atoms with E-state index in [4.69, 9.17) is 4.52 Å². The molecule has 0 bridgehead atoms. The van der Waals surface area contributed by atoms with Gasteiger partial charge in [0, 0.05) is 44.8 Å². The Hall–Kier alpha value is -4.48. The molecule has 1 aliphatic heterocycles. The van der Waals surface area contributed by atoms with Gasteiger partial charge in [-0.05, 0) is 42.0 Å². The van der Waals surface area contributed by atoms with Gasteiger partial charge < -0.3 is 25.0 Å². The number of hydrogen-bond donors (Lipinski definition) is 3. The topological polar surface area (TPSA) is 145 Å². The SMILES string of the molecule is CN(C)C(=O)N1CC[C@@H](Nc2n[nH]c3nccc(-c4ccc(C5(NC(=O)c6nc(C(C)(C)C)no6)CC5)cc4)c23)C1. The molecule has 1 saturated carbocycles. The molecule has 1 aliphatic carbocycles. The third-order valence-corrected chi connectivity index (χ3v) is 7.79. The first-order chi connectivity index (χ1) is 19.5. The fourth-order valence-electron chi connectivity index (χ4n) is 5.29. The third-order valence-electron chi connectivity index (χ3n) is 7.79. The zero-order valence-electron chi connectivity index (χ0n) is 24.0. The van der Waals surface area contributed by atoms with Crippen LogP contribution in [0.4, 0.5) is 10.6 Å². The Morgan fingerprint density at radius 3 is 2.56 bits per heavy atom. The van der Waals surface area contributed by atoms with E-state index in [1.54, 1.807) is 25.2 Å². The van der Waals surface area contributed by atoms with Crippen LogP contribution in [0.1, 0.15) is 62.1 Å². The number of nitrogens with zero attached hydrogens (tertiary/aromatic N) is 6. The predicted molar refractivity (Wildman–Crippen MR) is 153 cm³/mol. The maximum atomic E-state index is 12.9. The highest BCUT2D eigenvalue weighted by Gasteiger charge is 2.46. The number of anilines is 1. The maximum Gasteiger partial charge on any atom is 0.319 e. The van der Waals surface area contributed by atoms with E-state index in [1.165, 1.54) is 0 Å². The van der Waals surface area contributed by atoms with Crippen LogP contribution in [0.25, 0.3) is 22.2 Å². The molecular weight excluding hydrogens is 522 g/mol. The molecule has 3 amide bonds. The van der Waals surface area contributed by atoms with Crippen LogP contribution in [0.2, 0.25) is 0 Å². The van der Waals surface area contributed by atoms with Crippen LogP contribution < -0.4 is 10.6 Å². The van der Waals surface area contributed by atoms with Gasteiger partial charge in [-0.3, -0.25) is 9.89 Å². The van der Waals surface area contributed by atoms with Gasteiger partial charge in [-0.15, -0.1) is 0 Å². The van der Waals surface area contributed by atoms with Crippen molar-refractivity contribution < 1.29 is 14.1 Å². The van der Waals surface area contributed by atoms with Gasteiger partial charge in [0.1, 0.15) is 0 Å². The molecule has 2 fully saturated rings. The van der Waals surface area contributed by atoms with Gasteiger partial charge in [0.2, 0.25) is 0 Å². The molecule has 12 nitrogen and oxygen atoms in total. The van der Waals surface area contributed by atoms with Crippen LogP contribution in [0, 0.1) is 0 Å². The lowest BCUT2D eigenvalue weighted by molar-refractivity contribution is 0.0886. The van der Waals surface area contributed by atoms with Crippen molar-refractivity contribution in [1.82, 2.24) is 40.4 Å². The molecule has 3 N–H and O–H groups in total. The summed E-state index contributed by atoms with van der Waals surface area (Å²) in [6, 6.07) is 10.3. The Kier molecular flexibility index (Phi) is 6.43. The summed E-state index contributed by atoms with van der Waals surface area (Å²) in [5, 5.41) is 19.1. The van der Waals surface area contributed by atoms with Crippen LogP contribution in [0.15, 0.2) is 41.1 Å². The number of amides is 3.